The molecule has 2 aromatic rings. The highest BCUT2D eigenvalue weighted by Crippen LogP contribution is 2.28. The van der Waals surface area contributed by atoms with E-state index >= 15 is 0 Å². The van der Waals surface area contributed by atoms with E-state index in [0.29, 0.717) is 12.2 Å². The minimum atomic E-state index is 0.0750. The molecule has 0 spiro atoms. The van der Waals surface area contributed by atoms with Gasteiger partial charge in [-0.05, 0) is 68.6 Å². The lowest BCUT2D eigenvalue weighted by Crippen LogP contribution is -2.51. The van der Waals surface area contributed by atoms with Crippen LogP contribution in [0.3, 0.4) is 0 Å². The summed E-state index contributed by atoms with van der Waals surface area (Å²) < 4.78 is 23.0. The number of ether oxygens (including phenoxy) is 4. The largest absolute Gasteiger partial charge is 0.497 e. The third-order valence-corrected chi connectivity index (χ3v) is 7.14. The number of carbonyl (C=O) groups is 1. The zero-order valence-corrected chi connectivity index (χ0v) is 21.2. The molecule has 0 aromatic heterocycles. The Labute approximate surface area is 208 Å². The number of nitrogens with zero attached hydrogens (tertiary/aromatic N) is 2. The van der Waals surface area contributed by atoms with E-state index in [1.54, 1.807) is 21.3 Å². The number of methoxy groups -OCH3 is 3. The molecule has 1 amide bonds. The molecule has 0 N–H and O–H groups in total. The smallest absolute Gasteiger partial charge is 0.254 e. The minimum absolute atomic E-state index is 0.0750. The molecule has 1 fully saturated rings. The van der Waals surface area contributed by atoms with Gasteiger partial charge in [-0.15, -0.1) is 0 Å². The van der Waals surface area contributed by atoms with E-state index in [-0.39, 0.29) is 18.1 Å². The van der Waals surface area contributed by atoms with E-state index in [1.165, 1.54) is 0 Å². The van der Waals surface area contributed by atoms with Crippen molar-refractivity contribution in [2.75, 3.05) is 47.6 Å². The van der Waals surface area contributed by atoms with E-state index in [4.69, 9.17) is 18.9 Å². The molecule has 2 aromatic carbocycles. The summed E-state index contributed by atoms with van der Waals surface area (Å²) in [5.74, 6) is 2.48. The van der Waals surface area contributed by atoms with Gasteiger partial charge in [-0.25, -0.2) is 0 Å². The van der Waals surface area contributed by atoms with Gasteiger partial charge >= 0.3 is 0 Å². The Morgan fingerprint density at radius 3 is 2.63 bits per heavy atom. The second-order valence-corrected chi connectivity index (χ2v) is 9.31. The Bertz CT molecular complexity index is 982. The molecule has 0 saturated carbocycles. The van der Waals surface area contributed by atoms with Gasteiger partial charge in [0.05, 0.1) is 26.4 Å². The summed E-state index contributed by atoms with van der Waals surface area (Å²) in [7, 11) is 5.15. The standard InChI is InChI=1S/C28H38N2O5/c1-32-23-12-13-26(33-2)22(19-23)20-29-14-5-4-10-25-27(34-3)11-7-15-30(25)28(31)21-8-6-9-24(18-21)35-17-16-29/h6,8-9,12-13,18-19,25,27H,4-5,7,10-11,14-17,20H2,1-3H3/t25-,27-/m1/s1. The highest BCUT2D eigenvalue weighted by molar-refractivity contribution is 5.95. The highest BCUT2D eigenvalue weighted by atomic mass is 16.5. The molecule has 2 bridgehead atoms. The topological polar surface area (TPSA) is 60.5 Å². The first-order valence-electron chi connectivity index (χ1n) is 12.6. The first kappa shape index (κ1) is 25.3. The predicted molar refractivity (Wildman–Crippen MR) is 135 cm³/mol. The van der Waals surface area contributed by atoms with Crippen LogP contribution in [0.15, 0.2) is 42.5 Å². The number of hydrogen-bond acceptors (Lipinski definition) is 6. The third-order valence-electron chi connectivity index (χ3n) is 7.14. The quantitative estimate of drug-likeness (QED) is 0.630. The molecule has 1 saturated heterocycles. The number of benzene rings is 2. The van der Waals surface area contributed by atoms with E-state index in [1.807, 2.05) is 47.4 Å². The van der Waals surface area contributed by atoms with Gasteiger partial charge in [0.25, 0.3) is 5.91 Å². The predicted octanol–water partition coefficient (Wildman–Crippen LogP) is 4.39. The molecular weight excluding hydrogens is 444 g/mol. The highest BCUT2D eigenvalue weighted by Gasteiger charge is 2.34. The fourth-order valence-corrected chi connectivity index (χ4v) is 5.27. The maximum atomic E-state index is 13.4. The molecule has 35 heavy (non-hydrogen) atoms. The zero-order valence-electron chi connectivity index (χ0n) is 21.2. The fourth-order valence-electron chi connectivity index (χ4n) is 5.27. The third kappa shape index (κ3) is 6.27. The van der Waals surface area contributed by atoms with E-state index in [9.17, 15) is 4.79 Å². The molecule has 7 nitrogen and oxygen atoms in total. The van der Waals surface area contributed by atoms with Crippen LogP contribution in [0.5, 0.6) is 17.2 Å². The van der Waals surface area contributed by atoms with Crippen LogP contribution >= 0.6 is 0 Å². The number of carbonyl (C=O) groups excluding carboxylic acids is 1. The van der Waals surface area contributed by atoms with Crippen molar-refractivity contribution in [3.8, 4) is 17.2 Å². The molecular formula is C28H38N2O5. The molecule has 2 atom stereocenters. The minimum Gasteiger partial charge on any atom is -0.497 e. The summed E-state index contributed by atoms with van der Waals surface area (Å²) in [6.45, 7) is 3.77. The van der Waals surface area contributed by atoms with E-state index < -0.39 is 0 Å². The summed E-state index contributed by atoms with van der Waals surface area (Å²) in [5.41, 5.74) is 1.78. The fraction of sp³-hybridized carbons (Fsp3) is 0.536. The Balaban J connectivity index is 1.55. The summed E-state index contributed by atoms with van der Waals surface area (Å²) >= 11 is 0. The second-order valence-electron chi connectivity index (χ2n) is 9.31. The van der Waals surface area contributed by atoms with Crippen molar-refractivity contribution in [2.24, 2.45) is 0 Å². The first-order valence-corrected chi connectivity index (χ1v) is 12.6. The summed E-state index contributed by atoms with van der Waals surface area (Å²) in [4.78, 5) is 17.9. The van der Waals surface area contributed by atoms with Crippen LogP contribution < -0.4 is 14.2 Å². The SMILES string of the molecule is COc1ccc(OC)c(CN2CCCC[C@@H]3[C@H](OC)CCCN3C(=O)c3cccc(c3)OCC2)c1. The number of hydrogen-bond donors (Lipinski definition) is 0. The maximum absolute atomic E-state index is 13.4. The molecule has 190 valence electrons. The molecule has 2 heterocycles. The normalized spacial score (nSPS) is 22.0. The molecule has 2 aliphatic rings. The molecule has 4 rings (SSSR count). The Kier molecular flexibility index (Phi) is 8.88. The van der Waals surface area contributed by atoms with Gasteiger partial charge in [-0.2, -0.15) is 0 Å². The van der Waals surface area contributed by atoms with Crippen LogP contribution in [0, 0.1) is 0 Å². The van der Waals surface area contributed by atoms with Crippen LogP contribution in [0.25, 0.3) is 0 Å². The van der Waals surface area contributed by atoms with Gasteiger partial charge in [-0.3, -0.25) is 9.69 Å². The molecule has 2 aliphatic heterocycles. The lowest BCUT2D eigenvalue weighted by molar-refractivity contribution is -0.0156. The van der Waals surface area contributed by atoms with Crippen molar-refractivity contribution in [3.63, 3.8) is 0 Å². The van der Waals surface area contributed by atoms with Gasteiger partial charge in [0.2, 0.25) is 0 Å². The average Bonchev–Trinajstić information content (AvgIpc) is 2.90. The number of rotatable bonds is 5. The van der Waals surface area contributed by atoms with Gasteiger partial charge < -0.3 is 23.8 Å². The van der Waals surface area contributed by atoms with Crippen molar-refractivity contribution < 1.29 is 23.7 Å². The van der Waals surface area contributed by atoms with Crippen molar-refractivity contribution in [3.05, 3.63) is 53.6 Å². The summed E-state index contributed by atoms with van der Waals surface area (Å²) in [6, 6.07) is 13.6. The summed E-state index contributed by atoms with van der Waals surface area (Å²) in [6.07, 6.45) is 5.05. The van der Waals surface area contributed by atoms with Gasteiger partial charge in [0, 0.05) is 37.9 Å². The van der Waals surface area contributed by atoms with Crippen molar-refractivity contribution in [1.82, 2.24) is 9.80 Å². The van der Waals surface area contributed by atoms with Gasteiger partial charge in [0.15, 0.2) is 0 Å². The Morgan fingerprint density at radius 2 is 1.83 bits per heavy atom. The maximum Gasteiger partial charge on any atom is 0.254 e. The number of piperidine rings is 1. The van der Waals surface area contributed by atoms with E-state index in [0.717, 1.165) is 81.1 Å². The monoisotopic (exact) mass is 482 g/mol. The van der Waals surface area contributed by atoms with Crippen LogP contribution in [0.4, 0.5) is 0 Å². The van der Waals surface area contributed by atoms with Crippen LogP contribution in [-0.4, -0.2) is 75.4 Å². The average molecular weight is 483 g/mol. The van der Waals surface area contributed by atoms with Crippen LogP contribution in [0.2, 0.25) is 0 Å². The Morgan fingerprint density at radius 1 is 0.943 bits per heavy atom. The molecule has 0 unspecified atom stereocenters. The number of amides is 1. The second kappa shape index (κ2) is 12.3. The molecule has 0 radical (unpaired) electrons. The van der Waals surface area contributed by atoms with Gasteiger partial charge in [-0.1, -0.05) is 12.5 Å². The van der Waals surface area contributed by atoms with E-state index in [2.05, 4.69) is 4.90 Å². The lowest BCUT2D eigenvalue weighted by atomic mass is 9.93. The number of fused-ring (bicyclic) bond motifs is 3. The molecule has 7 heteroatoms. The zero-order chi connectivity index (χ0) is 24.6. The Hall–Kier alpha value is -2.77. The van der Waals surface area contributed by atoms with Crippen molar-refractivity contribution in [2.45, 2.75) is 50.8 Å². The lowest BCUT2D eigenvalue weighted by Gasteiger charge is -2.41. The van der Waals surface area contributed by atoms with Crippen molar-refractivity contribution in [1.29, 1.82) is 0 Å². The van der Waals surface area contributed by atoms with Crippen LogP contribution in [0.1, 0.15) is 48.0 Å². The van der Waals surface area contributed by atoms with Crippen molar-refractivity contribution >= 4 is 5.91 Å². The molecule has 0 aliphatic carbocycles. The van der Waals surface area contributed by atoms with Gasteiger partial charge in [0.1, 0.15) is 23.9 Å². The van der Waals surface area contributed by atoms with Crippen LogP contribution in [-0.2, 0) is 11.3 Å². The summed E-state index contributed by atoms with van der Waals surface area (Å²) in [5, 5.41) is 0. The first-order chi connectivity index (χ1) is 17.1.